The molecule has 5 heteroatoms. The number of fused-ring (bicyclic) bond motifs is 1. The first-order valence-electron chi connectivity index (χ1n) is 5.62. The lowest BCUT2D eigenvalue weighted by Gasteiger charge is -2.05. The topological polar surface area (TPSA) is 55.1 Å². The number of nitrogens with one attached hydrogen (secondary N) is 1. The van der Waals surface area contributed by atoms with Crippen LogP contribution in [0.5, 0.6) is 0 Å². The molecule has 3 aromatic rings. The molecule has 1 amide bonds. The molecule has 0 aliphatic rings. The minimum Gasteiger partial charge on any atom is -0.443 e. The van der Waals surface area contributed by atoms with Gasteiger partial charge in [0.2, 0.25) is 0 Å². The summed E-state index contributed by atoms with van der Waals surface area (Å²) < 4.78 is 6.14. The van der Waals surface area contributed by atoms with Crippen molar-refractivity contribution >= 4 is 38.6 Å². The second-order valence-electron chi connectivity index (χ2n) is 4.00. The van der Waals surface area contributed by atoms with E-state index in [1.807, 2.05) is 24.3 Å². The van der Waals surface area contributed by atoms with Gasteiger partial charge in [-0.3, -0.25) is 4.79 Å². The molecule has 0 radical (unpaired) electrons. The molecule has 19 heavy (non-hydrogen) atoms. The van der Waals surface area contributed by atoms with E-state index in [-0.39, 0.29) is 5.91 Å². The Morgan fingerprint density at radius 2 is 1.95 bits per heavy atom. The van der Waals surface area contributed by atoms with E-state index in [0.29, 0.717) is 11.1 Å². The van der Waals surface area contributed by atoms with E-state index in [1.54, 1.807) is 18.2 Å². The Bertz CT molecular complexity index is 735. The summed E-state index contributed by atoms with van der Waals surface area (Å²) in [6.45, 7) is 0. The van der Waals surface area contributed by atoms with Crippen molar-refractivity contribution in [3.63, 3.8) is 0 Å². The Kier molecular flexibility index (Phi) is 3.05. The maximum Gasteiger partial charge on any atom is 0.255 e. The summed E-state index contributed by atoms with van der Waals surface area (Å²) in [6, 6.07) is 12.6. The molecule has 4 nitrogen and oxygen atoms in total. The van der Waals surface area contributed by atoms with Gasteiger partial charge in [-0.15, -0.1) is 0 Å². The van der Waals surface area contributed by atoms with Crippen LogP contribution in [0.3, 0.4) is 0 Å². The van der Waals surface area contributed by atoms with E-state index in [2.05, 4.69) is 26.2 Å². The van der Waals surface area contributed by atoms with Gasteiger partial charge in [-0.2, -0.15) is 0 Å². The van der Waals surface area contributed by atoms with Gasteiger partial charge in [-0.1, -0.05) is 15.9 Å². The number of anilines is 1. The summed E-state index contributed by atoms with van der Waals surface area (Å²) >= 11 is 3.35. The molecule has 0 bridgehead atoms. The van der Waals surface area contributed by atoms with Gasteiger partial charge in [-0.05, 0) is 42.5 Å². The Morgan fingerprint density at radius 1 is 1.16 bits per heavy atom. The number of hydrogen-bond donors (Lipinski definition) is 1. The summed E-state index contributed by atoms with van der Waals surface area (Å²) in [6.07, 6.45) is 1.36. The lowest BCUT2D eigenvalue weighted by Crippen LogP contribution is -2.11. The lowest BCUT2D eigenvalue weighted by atomic mass is 10.2. The third kappa shape index (κ3) is 2.51. The van der Waals surface area contributed by atoms with Crippen molar-refractivity contribution in [2.75, 3.05) is 5.32 Å². The van der Waals surface area contributed by atoms with Gasteiger partial charge >= 0.3 is 0 Å². The zero-order valence-corrected chi connectivity index (χ0v) is 11.3. The highest BCUT2D eigenvalue weighted by Crippen LogP contribution is 2.17. The number of halogens is 1. The molecular weight excluding hydrogens is 308 g/mol. The Morgan fingerprint density at radius 3 is 2.74 bits per heavy atom. The van der Waals surface area contributed by atoms with Crippen LogP contribution >= 0.6 is 15.9 Å². The van der Waals surface area contributed by atoms with Crippen LogP contribution in [0.2, 0.25) is 0 Å². The predicted octanol–water partition coefficient (Wildman–Crippen LogP) is 3.84. The highest BCUT2D eigenvalue weighted by Gasteiger charge is 2.08. The fourth-order valence-corrected chi connectivity index (χ4v) is 2.00. The fourth-order valence-electron chi connectivity index (χ4n) is 1.73. The molecule has 0 atom stereocenters. The molecule has 94 valence electrons. The second-order valence-corrected chi connectivity index (χ2v) is 4.91. The molecule has 0 fully saturated rings. The minimum atomic E-state index is -0.180. The average molecular weight is 317 g/mol. The summed E-state index contributed by atoms with van der Waals surface area (Å²) in [4.78, 5) is 16.1. The van der Waals surface area contributed by atoms with Crippen LogP contribution in [-0.2, 0) is 0 Å². The number of carbonyl (C=O) groups is 1. The number of oxazole rings is 1. The zero-order chi connectivity index (χ0) is 13.2. The van der Waals surface area contributed by atoms with Crippen molar-refractivity contribution in [2.24, 2.45) is 0 Å². The lowest BCUT2D eigenvalue weighted by molar-refractivity contribution is 0.102. The van der Waals surface area contributed by atoms with Crippen LogP contribution in [0, 0.1) is 0 Å². The molecule has 1 heterocycles. The van der Waals surface area contributed by atoms with Gasteiger partial charge in [0.15, 0.2) is 12.0 Å². The molecule has 3 rings (SSSR count). The molecular formula is C14H9BrN2O2. The second kappa shape index (κ2) is 4.85. The smallest absolute Gasteiger partial charge is 0.255 e. The number of nitrogens with zero attached hydrogens (tertiary/aromatic N) is 1. The van der Waals surface area contributed by atoms with Gasteiger partial charge in [0.1, 0.15) is 5.52 Å². The minimum absolute atomic E-state index is 0.180. The largest absolute Gasteiger partial charge is 0.443 e. The van der Waals surface area contributed by atoms with Crippen LogP contribution in [0.1, 0.15) is 10.4 Å². The molecule has 0 spiro atoms. The molecule has 0 saturated carbocycles. The van der Waals surface area contributed by atoms with Gasteiger partial charge in [0.25, 0.3) is 5.91 Å². The van der Waals surface area contributed by atoms with Crippen molar-refractivity contribution in [2.45, 2.75) is 0 Å². The molecule has 1 N–H and O–H groups in total. The van der Waals surface area contributed by atoms with Gasteiger partial charge in [-0.25, -0.2) is 4.98 Å². The monoisotopic (exact) mass is 316 g/mol. The molecule has 0 unspecified atom stereocenters. The summed E-state index contributed by atoms with van der Waals surface area (Å²) in [5.41, 5.74) is 2.61. The third-order valence-corrected chi connectivity index (χ3v) is 3.22. The van der Waals surface area contributed by atoms with Crippen LogP contribution in [0.15, 0.2) is 57.7 Å². The first kappa shape index (κ1) is 11.9. The molecule has 0 aliphatic heterocycles. The quantitative estimate of drug-likeness (QED) is 0.781. The number of amides is 1. The standard InChI is InChI=1S/C14H9BrN2O2/c15-10-2-4-11(5-3-10)17-14(18)9-1-6-12-13(7-9)19-8-16-12/h1-8H,(H,17,18). The first-order chi connectivity index (χ1) is 9.22. The Labute approximate surface area is 117 Å². The number of hydrogen-bond acceptors (Lipinski definition) is 3. The summed E-state index contributed by atoms with van der Waals surface area (Å²) in [5, 5.41) is 2.82. The van der Waals surface area contributed by atoms with E-state index in [9.17, 15) is 4.79 Å². The van der Waals surface area contributed by atoms with Gasteiger partial charge in [0, 0.05) is 15.7 Å². The molecule has 0 aliphatic carbocycles. The maximum atomic E-state index is 12.1. The van der Waals surface area contributed by atoms with E-state index >= 15 is 0 Å². The van der Waals surface area contributed by atoms with Crippen molar-refractivity contribution in [3.05, 3.63) is 58.9 Å². The highest BCUT2D eigenvalue weighted by atomic mass is 79.9. The zero-order valence-electron chi connectivity index (χ0n) is 9.76. The number of rotatable bonds is 2. The van der Waals surface area contributed by atoms with Crippen molar-refractivity contribution in [3.8, 4) is 0 Å². The van der Waals surface area contributed by atoms with Crippen LogP contribution in [0.25, 0.3) is 11.1 Å². The van der Waals surface area contributed by atoms with Crippen LogP contribution in [-0.4, -0.2) is 10.9 Å². The van der Waals surface area contributed by atoms with Crippen LogP contribution in [0.4, 0.5) is 5.69 Å². The normalized spacial score (nSPS) is 10.6. The van der Waals surface area contributed by atoms with Gasteiger partial charge in [0.05, 0.1) is 0 Å². The average Bonchev–Trinajstić information content (AvgIpc) is 2.88. The summed E-state index contributed by atoms with van der Waals surface area (Å²) in [7, 11) is 0. The number of benzene rings is 2. The van der Waals surface area contributed by atoms with E-state index in [4.69, 9.17) is 4.42 Å². The van der Waals surface area contributed by atoms with E-state index in [0.717, 1.165) is 15.7 Å². The predicted molar refractivity (Wildman–Crippen MR) is 76.1 cm³/mol. The Balaban J connectivity index is 1.84. The molecule has 1 aromatic heterocycles. The van der Waals surface area contributed by atoms with E-state index in [1.165, 1.54) is 6.39 Å². The fraction of sp³-hybridized carbons (Fsp3) is 0. The summed E-state index contributed by atoms with van der Waals surface area (Å²) in [5.74, 6) is -0.180. The third-order valence-electron chi connectivity index (χ3n) is 2.70. The maximum absolute atomic E-state index is 12.1. The number of carbonyl (C=O) groups excluding carboxylic acids is 1. The Hall–Kier alpha value is -2.14. The van der Waals surface area contributed by atoms with Crippen molar-refractivity contribution < 1.29 is 9.21 Å². The van der Waals surface area contributed by atoms with Crippen molar-refractivity contribution in [1.82, 2.24) is 4.98 Å². The highest BCUT2D eigenvalue weighted by molar-refractivity contribution is 9.10. The van der Waals surface area contributed by atoms with Crippen LogP contribution < -0.4 is 5.32 Å². The molecule has 0 saturated heterocycles. The number of aromatic nitrogens is 1. The van der Waals surface area contributed by atoms with Crippen molar-refractivity contribution in [1.29, 1.82) is 0 Å². The SMILES string of the molecule is O=C(Nc1ccc(Br)cc1)c1ccc2ncoc2c1. The van der Waals surface area contributed by atoms with Gasteiger partial charge < -0.3 is 9.73 Å². The van der Waals surface area contributed by atoms with E-state index < -0.39 is 0 Å². The molecule has 2 aromatic carbocycles. The first-order valence-corrected chi connectivity index (χ1v) is 6.42.